The molecule has 1 amide bonds. The number of amides is 1. The number of anilines is 1. The van der Waals surface area contributed by atoms with Gasteiger partial charge >= 0.3 is 5.97 Å². The molecule has 0 aromatic heterocycles. The Morgan fingerprint density at radius 3 is 2.33 bits per heavy atom. The van der Waals surface area contributed by atoms with Crippen LogP contribution in [0, 0.1) is 0 Å². The van der Waals surface area contributed by atoms with Gasteiger partial charge in [0.15, 0.2) is 6.61 Å². The molecule has 8 nitrogen and oxygen atoms in total. The quantitative estimate of drug-likeness (QED) is 0.589. The van der Waals surface area contributed by atoms with Crippen molar-refractivity contribution in [2.24, 2.45) is 0 Å². The van der Waals surface area contributed by atoms with Crippen molar-refractivity contribution in [3.63, 3.8) is 0 Å². The summed E-state index contributed by atoms with van der Waals surface area (Å²) in [6, 6.07) is 13.5. The Labute approximate surface area is 194 Å². The molecule has 1 aliphatic heterocycles. The first-order chi connectivity index (χ1) is 15.7. The van der Waals surface area contributed by atoms with Crippen LogP contribution in [0.5, 0.6) is 5.75 Å². The first-order valence-corrected chi connectivity index (χ1v) is 12.3. The molecule has 178 valence electrons. The second-order valence-corrected chi connectivity index (χ2v) is 10.4. The Bertz CT molecular complexity index is 1090. The fourth-order valence-electron chi connectivity index (χ4n) is 3.67. The second-order valence-electron chi connectivity index (χ2n) is 8.44. The number of carbonyl (C=O) groups excluding carboxylic acids is 2. The lowest BCUT2D eigenvalue weighted by Crippen LogP contribution is -2.35. The number of ether oxygens (including phenoxy) is 2. The Kier molecular flexibility index (Phi) is 7.76. The summed E-state index contributed by atoms with van der Waals surface area (Å²) in [6.45, 7) is 3.88. The first-order valence-electron chi connectivity index (χ1n) is 10.9. The van der Waals surface area contributed by atoms with Crippen LogP contribution in [0.3, 0.4) is 0 Å². The second kappa shape index (κ2) is 10.4. The van der Waals surface area contributed by atoms with Crippen LogP contribution in [0.15, 0.2) is 53.4 Å². The molecule has 2 aromatic carbocycles. The lowest BCUT2D eigenvalue weighted by atomic mass is 9.85. The molecule has 9 heteroatoms. The van der Waals surface area contributed by atoms with Gasteiger partial charge in [0.1, 0.15) is 5.75 Å². The van der Waals surface area contributed by atoms with E-state index in [1.807, 2.05) is 30.3 Å². The van der Waals surface area contributed by atoms with E-state index in [2.05, 4.69) is 5.32 Å². The van der Waals surface area contributed by atoms with Crippen LogP contribution < -0.4 is 10.1 Å². The number of hydrogen-bond donors (Lipinski definition) is 1. The van der Waals surface area contributed by atoms with Crippen LogP contribution in [-0.4, -0.2) is 51.4 Å². The highest BCUT2D eigenvalue weighted by Crippen LogP contribution is 2.30. The molecular formula is C24H30N2O6S. The molecule has 0 spiro atoms. The lowest BCUT2D eigenvalue weighted by Gasteiger charge is -2.26. The zero-order valence-corrected chi connectivity index (χ0v) is 20.0. The molecule has 1 N–H and O–H groups in total. The third-order valence-corrected chi connectivity index (χ3v) is 7.63. The number of piperidine rings is 1. The maximum absolute atomic E-state index is 13.0. The number of benzene rings is 2. The van der Waals surface area contributed by atoms with Gasteiger partial charge in [-0.15, -0.1) is 0 Å². The number of methoxy groups -OCH3 is 1. The number of rotatable bonds is 8. The van der Waals surface area contributed by atoms with Gasteiger partial charge in [0, 0.05) is 13.1 Å². The minimum atomic E-state index is -3.68. The van der Waals surface area contributed by atoms with Crippen LogP contribution in [0.1, 0.15) is 38.7 Å². The summed E-state index contributed by atoms with van der Waals surface area (Å²) in [7, 11) is -2.26. The van der Waals surface area contributed by atoms with Gasteiger partial charge < -0.3 is 14.8 Å². The van der Waals surface area contributed by atoms with Crippen LogP contribution in [0.25, 0.3) is 0 Å². The summed E-state index contributed by atoms with van der Waals surface area (Å²) in [4.78, 5) is 25.2. The molecule has 1 aliphatic rings. The van der Waals surface area contributed by atoms with E-state index in [0.717, 1.165) is 24.8 Å². The van der Waals surface area contributed by atoms with Crippen molar-refractivity contribution in [3.05, 3.63) is 54.1 Å². The Hall–Kier alpha value is -2.91. The number of hydrogen-bond acceptors (Lipinski definition) is 6. The summed E-state index contributed by atoms with van der Waals surface area (Å²) >= 11 is 0. The highest BCUT2D eigenvalue weighted by molar-refractivity contribution is 7.89. The van der Waals surface area contributed by atoms with Gasteiger partial charge in [-0.2, -0.15) is 4.31 Å². The van der Waals surface area contributed by atoms with Gasteiger partial charge in [-0.1, -0.05) is 36.8 Å². The summed E-state index contributed by atoms with van der Waals surface area (Å²) < 4.78 is 37.9. The van der Waals surface area contributed by atoms with Gasteiger partial charge in [-0.25, -0.2) is 8.42 Å². The molecule has 0 unspecified atom stereocenters. The van der Waals surface area contributed by atoms with E-state index in [1.165, 1.54) is 29.6 Å². The minimum absolute atomic E-state index is 0.0719. The molecule has 1 saturated heterocycles. The molecule has 0 aliphatic carbocycles. The average Bonchev–Trinajstić information content (AvgIpc) is 2.83. The van der Waals surface area contributed by atoms with Gasteiger partial charge in [-0.3, -0.25) is 9.59 Å². The van der Waals surface area contributed by atoms with E-state index in [4.69, 9.17) is 9.47 Å². The van der Waals surface area contributed by atoms with Crippen molar-refractivity contribution in [2.45, 2.75) is 43.4 Å². The van der Waals surface area contributed by atoms with Gasteiger partial charge in [-0.05, 0) is 50.5 Å². The van der Waals surface area contributed by atoms with E-state index in [9.17, 15) is 18.0 Å². The lowest BCUT2D eigenvalue weighted by molar-refractivity contribution is -0.152. The van der Waals surface area contributed by atoms with E-state index < -0.39 is 33.9 Å². The summed E-state index contributed by atoms with van der Waals surface area (Å²) in [6.07, 6.45) is 2.66. The normalized spacial score (nSPS) is 15.0. The smallest absolute Gasteiger partial charge is 0.316 e. The Morgan fingerprint density at radius 1 is 1.03 bits per heavy atom. The molecule has 0 saturated carbocycles. The monoisotopic (exact) mass is 474 g/mol. The number of nitrogens with one attached hydrogen (secondary N) is 1. The molecule has 1 heterocycles. The molecule has 0 radical (unpaired) electrons. The predicted molar refractivity (Wildman–Crippen MR) is 125 cm³/mol. The van der Waals surface area contributed by atoms with Crippen LogP contribution in [0.4, 0.5) is 5.69 Å². The van der Waals surface area contributed by atoms with Crippen LogP contribution >= 0.6 is 0 Å². The van der Waals surface area contributed by atoms with E-state index in [1.54, 1.807) is 13.8 Å². The SMILES string of the molecule is COc1ccc(S(=O)(=O)N2CCCCC2)cc1NC(=O)COC(=O)C(C)(C)c1ccccc1. The van der Waals surface area contributed by atoms with Gasteiger partial charge in [0.2, 0.25) is 10.0 Å². The molecule has 3 rings (SSSR count). The predicted octanol–water partition coefficient (Wildman–Crippen LogP) is 3.33. The topological polar surface area (TPSA) is 102 Å². The third-order valence-electron chi connectivity index (χ3n) is 5.74. The number of sulfonamides is 1. The highest BCUT2D eigenvalue weighted by Gasteiger charge is 2.32. The van der Waals surface area contributed by atoms with Crippen molar-refractivity contribution in [2.75, 3.05) is 32.1 Å². The van der Waals surface area contributed by atoms with E-state index >= 15 is 0 Å². The largest absolute Gasteiger partial charge is 0.495 e. The van der Waals surface area contributed by atoms with Gasteiger partial charge in [0.25, 0.3) is 5.91 Å². The zero-order valence-electron chi connectivity index (χ0n) is 19.2. The maximum Gasteiger partial charge on any atom is 0.316 e. The molecular weight excluding hydrogens is 444 g/mol. The molecule has 1 fully saturated rings. The summed E-state index contributed by atoms with van der Waals surface area (Å²) in [5, 5.41) is 2.60. The number of nitrogens with zero attached hydrogens (tertiary/aromatic N) is 1. The van der Waals surface area contributed by atoms with Crippen molar-refractivity contribution in [1.82, 2.24) is 4.31 Å². The van der Waals surface area contributed by atoms with Crippen molar-refractivity contribution < 1.29 is 27.5 Å². The maximum atomic E-state index is 13.0. The van der Waals surface area contributed by atoms with Crippen LogP contribution in [0.2, 0.25) is 0 Å². The van der Waals surface area contributed by atoms with Crippen molar-refractivity contribution in [1.29, 1.82) is 0 Å². The Balaban J connectivity index is 1.70. The highest BCUT2D eigenvalue weighted by atomic mass is 32.2. The van der Waals surface area contributed by atoms with Crippen LogP contribution in [-0.2, 0) is 29.8 Å². The fraction of sp³-hybridized carbons (Fsp3) is 0.417. The standard InChI is InChI=1S/C24H30N2O6S/c1-24(2,18-10-6-4-7-11-18)23(28)32-17-22(27)25-20-16-19(12-13-21(20)31-3)33(29,30)26-14-8-5-9-15-26/h4,6-7,10-13,16H,5,8-9,14-15,17H2,1-3H3,(H,25,27). The van der Waals surface area contributed by atoms with Crippen molar-refractivity contribution >= 4 is 27.6 Å². The average molecular weight is 475 g/mol. The summed E-state index contributed by atoms with van der Waals surface area (Å²) in [5.74, 6) is -0.841. The molecule has 0 atom stereocenters. The summed E-state index contributed by atoms with van der Waals surface area (Å²) in [5.41, 5.74) is 0.0356. The third kappa shape index (κ3) is 5.72. The number of carbonyl (C=O) groups is 2. The first kappa shape index (κ1) is 24.7. The molecule has 2 aromatic rings. The fourth-order valence-corrected chi connectivity index (χ4v) is 5.21. The zero-order chi connectivity index (χ0) is 24.1. The van der Waals surface area contributed by atoms with Gasteiger partial charge in [0.05, 0.1) is 23.1 Å². The Morgan fingerprint density at radius 2 is 1.70 bits per heavy atom. The number of esters is 1. The molecule has 0 bridgehead atoms. The molecule has 33 heavy (non-hydrogen) atoms. The minimum Gasteiger partial charge on any atom is -0.495 e. The van der Waals surface area contributed by atoms with E-state index in [-0.39, 0.29) is 10.6 Å². The van der Waals surface area contributed by atoms with E-state index in [0.29, 0.717) is 18.8 Å². The van der Waals surface area contributed by atoms with Crippen molar-refractivity contribution in [3.8, 4) is 5.75 Å².